The SMILES string of the molecule is CCc1c(O)c(C#N)cc(F)c1F. The van der Waals surface area contributed by atoms with Gasteiger partial charge in [-0.3, -0.25) is 0 Å². The van der Waals surface area contributed by atoms with Crippen molar-refractivity contribution in [2.45, 2.75) is 13.3 Å². The van der Waals surface area contributed by atoms with Gasteiger partial charge in [0.25, 0.3) is 0 Å². The highest BCUT2D eigenvalue weighted by Crippen LogP contribution is 2.27. The summed E-state index contributed by atoms with van der Waals surface area (Å²) >= 11 is 0. The first-order valence-corrected chi connectivity index (χ1v) is 3.71. The number of aromatic hydroxyl groups is 1. The summed E-state index contributed by atoms with van der Waals surface area (Å²) in [5.74, 6) is -2.66. The highest BCUT2D eigenvalue weighted by molar-refractivity contribution is 5.48. The highest BCUT2D eigenvalue weighted by Gasteiger charge is 2.15. The summed E-state index contributed by atoms with van der Waals surface area (Å²) in [6, 6.07) is 2.27. The monoisotopic (exact) mass is 183 g/mol. The van der Waals surface area contributed by atoms with Gasteiger partial charge in [-0.25, -0.2) is 8.78 Å². The van der Waals surface area contributed by atoms with Crippen molar-refractivity contribution < 1.29 is 13.9 Å². The molecule has 0 saturated carbocycles. The fourth-order valence-corrected chi connectivity index (χ4v) is 1.08. The van der Waals surface area contributed by atoms with E-state index >= 15 is 0 Å². The molecule has 1 rings (SSSR count). The van der Waals surface area contributed by atoms with Crippen molar-refractivity contribution in [2.24, 2.45) is 0 Å². The molecule has 0 bridgehead atoms. The average molecular weight is 183 g/mol. The first-order chi connectivity index (χ1) is 6.11. The fourth-order valence-electron chi connectivity index (χ4n) is 1.08. The van der Waals surface area contributed by atoms with Crippen LogP contribution in [-0.2, 0) is 6.42 Å². The van der Waals surface area contributed by atoms with Gasteiger partial charge >= 0.3 is 0 Å². The van der Waals surface area contributed by atoms with E-state index in [0.29, 0.717) is 6.07 Å². The van der Waals surface area contributed by atoms with Crippen molar-refractivity contribution in [1.29, 1.82) is 5.26 Å². The number of phenols is 1. The Balaban J connectivity index is 3.50. The molecule has 0 aromatic heterocycles. The van der Waals surface area contributed by atoms with E-state index in [1.807, 2.05) is 0 Å². The zero-order valence-electron chi connectivity index (χ0n) is 6.93. The molecule has 0 aliphatic rings. The minimum Gasteiger partial charge on any atom is -0.506 e. The van der Waals surface area contributed by atoms with Crippen LogP contribution >= 0.6 is 0 Å². The van der Waals surface area contributed by atoms with E-state index in [1.54, 1.807) is 13.0 Å². The molecule has 0 unspecified atom stereocenters. The van der Waals surface area contributed by atoms with Crippen molar-refractivity contribution in [1.82, 2.24) is 0 Å². The second kappa shape index (κ2) is 3.40. The van der Waals surface area contributed by atoms with E-state index in [1.165, 1.54) is 0 Å². The number of benzene rings is 1. The predicted octanol–water partition coefficient (Wildman–Crippen LogP) is 2.10. The smallest absolute Gasteiger partial charge is 0.165 e. The van der Waals surface area contributed by atoms with Crippen LogP contribution in [0.2, 0.25) is 0 Å². The van der Waals surface area contributed by atoms with Crippen LogP contribution in [0.1, 0.15) is 18.1 Å². The van der Waals surface area contributed by atoms with Crippen LogP contribution < -0.4 is 0 Å². The standard InChI is InChI=1S/C9H7F2NO/c1-2-6-8(11)7(10)3-5(4-12)9(6)13/h3,13H,2H2,1H3. The molecule has 0 radical (unpaired) electrons. The third-order valence-corrected chi connectivity index (χ3v) is 1.76. The maximum absolute atomic E-state index is 12.9. The van der Waals surface area contributed by atoms with Gasteiger partial charge in [0, 0.05) is 5.56 Å². The molecule has 1 N–H and O–H groups in total. The van der Waals surface area contributed by atoms with Crippen molar-refractivity contribution >= 4 is 0 Å². The molecule has 0 fully saturated rings. The predicted molar refractivity (Wildman–Crippen MR) is 42.1 cm³/mol. The van der Waals surface area contributed by atoms with Gasteiger partial charge < -0.3 is 5.11 Å². The maximum atomic E-state index is 12.9. The fraction of sp³-hybridized carbons (Fsp3) is 0.222. The molecule has 68 valence electrons. The van der Waals surface area contributed by atoms with Crippen LogP contribution in [0.3, 0.4) is 0 Å². The van der Waals surface area contributed by atoms with Gasteiger partial charge in [-0.15, -0.1) is 0 Å². The summed E-state index contributed by atoms with van der Waals surface area (Å²) in [5, 5.41) is 17.7. The number of phenolic OH excluding ortho intramolecular Hbond substituents is 1. The summed E-state index contributed by atoms with van der Waals surface area (Å²) in [5.41, 5.74) is -0.396. The quantitative estimate of drug-likeness (QED) is 0.724. The maximum Gasteiger partial charge on any atom is 0.165 e. The van der Waals surface area contributed by atoms with E-state index in [-0.39, 0.29) is 17.5 Å². The van der Waals surface area contributed by atoms with Gasteiger partial charge in [0.2, 0.25) is 0 Å². The van der Waals surface area contributed by atoms with Crippen LogP contribution in [0.5, 0.6) is 5.75 Å². The van der Waals surface area contributed by atoms with Crippen LogP contribution in [0.25, 0.3) is 0 Å². The number of hydrogen-bond acceptors (Lipinski definition) is 2. The summed E-state index contributed by atoms with van der Waals surface area (Å²) in [6.07, 6.45) is 0.143. The topological polar surface area (TPSA) is 44.0 Å². The number of halogens is 2. The molecule has 2 nitrogen and oxygen atoms in total. The first-order valence-electron chi connectivity index (χ1n) is 3.71. The van der Waals surface area contributed by atoms with E-state index in [4.69, 9.17) is 5.26 Å². The Hall–Kier alpha value is -1.63. The molecule has 0 aliphatic heterocycles. The van der Waals surface area contributed by atoms with E-state index in [9.17, 15) is 13.9 Å². The third-order valence-electron chi connectivity index (χ3n) is 1.76. The van der Waals surface area contributed by atoms with E-state index in [2.05, 4.69) is 0 Å². The number of rotatable bonds is 1. The van der Waals surface area contributed by atoms with Gasteiger partial charge in [-0.05, 0) is 12.5 Å². The second-order valence-electron chi connectivity index (χ2n) is 2.51. The summed E-state index contributed by atoms with van der Waals surface area (Å²) in [6.45, 7) is 1.57. The van der Waals surface area contributed by atoms with E-state index in [0.717, 1.165) is 0 Å². The average Bonchev–Trinajstić information content (AvgIpc) is 2.12. The molecule has 0 atom stereocenters. The van der Waals surface area contributed by atoms with Gasteiger partial charge in [0.05, 0.1) is 5.56 Å². The van der Waals surface area contributed by atoms with Crippen molar-refractivity contribution in [3.8, 4) is 11.8 Å². The third kappa shape index (κ3) is 1.45. The Kier molecular flexibility index (Phi) is 2.47. The highest BCUT2D eigenvalue weighted by atomic mass is 19.2. The van der Waals surface area contributed by atoms with Crippen LogP contribution in [0.4, 0.5) is 8.78 Å². The molecule has 0 heterocycles. The summed E-state index contributed by atoms with van der Waals surface area (Å²) in [7, 11) is 0. The van der Waals surface area contributed by atoms with Gasteiger partial charge in [0.15, 0.2) is 11.6 Å². The minimum absolute atomic E-state index is 0.143. The normalized spacial score (nSPS) is 9.69. The van der Waals surface area contributed by atoms with Crippen molar-refractivity contribution in [3.05, 3.63) is 28.8 Å². The Bertz CT molecular complexity index is 382. The van der Waals surface area contributed by atoms with Crippen molar-refractivity contribution in [2.75, 3.05) is 0 Å². The molecule has 0 spiro atoms. The summed E-state index contributed by atoms with van der Waals surface area (Å²) < 4.78 is 25.7. The Morgan fingerprint density at radius 3 is 2.62 bits per heavy atom. The zero-order chi connectivity index (χ0) is 10.0. The van der Waals surface area contributed by atoms with Crippen LogP contribution in [0, 0.1) is 23.0 Å². The number of nitriles is 1. The minimum atomic E-state index is -1.11. The van der Waals surface area contributed by atoms with Gasteiger partial charge in [-0.1, -0.05) is 6.92 Å². The van der Waals surface area contributed by atoms with Gasteiger partial charge in [0.1, 0.15) is 11.8 Å². The number of nitrogens with zero attached hydrogens (tertiary/aromatic N) is 1. The van der Waals surface area contributed by atoms with E-state index < -0.39 is 17.4 Å². The zero-order valence-corrected chi connectivity index (χ0v) is 6.93. The molecule has 13 heavy (non-hydrogen) atoms. The Labute approximate surface area is 74.0 Å². The second-order valence-corrected chi connectivity index (χ2v) is 2.51. The Morgan fingerprint density at radius 2 is 2.15 bits per heavy atom. The lowest BCUT2D eigenvalue weighted by atomic mass is 10.1. The molecule has 4 heteroatoms. The first kappa shape index (κ1) is 9.46. The lowest BCUT2D eigenvalue weighted by molar-refractivity contribution is 0.441. The molecule has 1 aromatic carbocycles. The lowest BCUT2D eigenvalue weighted by Crippen LogP contribution is -1.96. The Morgan fingerprint density at radius 1 is 1.54 bits per heavy atom. The molecule has 0 aliphatic carbocycles. The van der Waals surface area contributed by atoms with Crippen molar-refractivity contribution in [3.63, 3.8) is 0 Å². The lowest BCUT2D eigenvalue weighted by Gasteiger charge is -2.05. The molecular weight excluding hydrogens is 176 g/mol. The van der Waals surface area contributed by atoms with Gasteiger partial charge in [-0.2, -0.15) is 5.26 Å². The van der Waals surface area contributed by atoms with Crippen LogP contribution in [-0.4, -0.2) is 5.11 Å². The molecular formula is C9H7F2NO. The van der Waals surface area contributed by atoms with Crippen LogP contribution in [0.15, 0.2) is 6.07 Å². The molecule has 0 amide bonds. The number of hydrogen-bond donors (Lipinski definition) is 1. The largest absolute Gasteiger partial charge is 0.506 e. The molecule has 1 aromatic rings. The summed E-state index contributed by atoms with van der Waals surface area (Å²) in [4.78, 5) is 0. The molecule has 0 saturated heterocycles.